The van der Waals surface area contributed by atoms with Crippen LogP contribution in [0.25, 0.3) is 0 Å². The summed E-state index contributed by atoms with van der Waals surface area (Å²) in [5.74, 6) is -0.0865. The van der Waals surface area contributed by atoms with Crippen LogP contribution in [-0.2, 0) is 4.79 Å². The number of hydrogen-bond donors (Lipinski definition) is 3. The smallest absolute Gasteiger partial charge is 0.253 e. The number of hydrogen-bond acceptors (Lipinski definition) is 3. The van der Waals surface area contributed by atoms with Gasteiger partial charge in [-0.05, 0) is 36.8 Å². The Morgan fingerprint density at radius 2 is 1.92 bits per heavy atom. The predicted octanol–water partition coefficient (Wildman–Crippen LogP) is 2.37. The fourth-order valence-electron chi connectivity index (χ4n) is 2.42. The average molecular weight is 374 g/mol. The maximum absolute atomic E-state index is 12.4. The zero-order chi connectivity index (χ0) is 17.0. The number of carbonyl (C=O) groups excluding carboxylic acids is 2. The molecule has 0 heterocycles. The molecule has 1 aromatic carbocycles. The number of halogens is 2. The second-order valence-corrected chi connectivity index (χ2v) is 6.83. The Kier molecular flexibility index (Phi) is 8.00. The standard InChI is InChI=1S/C17H24ClN3O2.ClH/c1-10(2)15(17(23)20-9-14(19)11-7-8-11)21-16(22)12-5-3-4-6-13(12)18;/h3-6,10-11,14-15H,7-9,19H2,1-2H3,(H,20,23)(H,21,22);1H. The minimum atomic E-state index is -0.620. The first-order chi connectivity index (χ1) is 10.9. The van der Waals surface area contributed by atoms with Crippen LogP contribution in [0.15, 0.2) is 24.3 Å². The van der Waals surface area contributed by atoms with Gasteiger partial charge >= 0.3 is 0 Å². The van der Waals surface area contributed by atoms with Gasteiger partial charge in [0.2, 0.25) is 5.91 Å². The van der Waals surface area contributed by atoms with E-state index in [0.717, 1.165) is 12.8 Å². The molecule has 134 valence electrons. The molecular formula is C17H25Cl2N3O2. The first-order valence-electron chi connectivity index (χ1n) is 7.98. The summed E-state index contributed by atoms with van der Waals surface area (Å²) in [4.78, 5) is 24.7. The fourth-order valence-corrected chi connectivity index (χ4v) is 2.64. The van der Waals surface area contributed by atoms with E-state index in [9.17, 15) is 9.59 Å². The lowest BCUT2D eigenvalue weighted by Crippen LogP contribution is -2.52. The number of amides is 2. The van der Waals surface area contributed by atoms with Crippen molar-refractivity contribution in [2.45, 2.75) is 38.8 Å². The van der Waals surface area contributed by atoms with Crippen molar-refractivity contribution >= 4 is 35.8 Å². The molecule has 1 aliphatic rings. The summed E-state index contributed by atoms with van der Waals surface area (Å²) in [5, 5.41) is 5.98. The number of carbonyl (C=O) groups is 2. The summed E-state index contributed by atoms with van der Waals surface area (Å²) in [6.07, 6.45) is 2.27. The molecule has 2 rings (SSSR count). The molecule has 24 heavy (non-hydrogen) atoms. The highest BCUT2D eigenvalue weighted by Crippen LogP contribution is 2.31. The van der Waals surface area contributed by atoms with Crippen LogP contribution < -0.4 is 16.4 Å². The van der Waals surface area contributed by atoms with Gasteiger partial charge in [0.15, 0.2) is 0 Å². The third-order valence-electron chi connectivity index (χ3n) is 4.09. The molecule has 1 saturated carbocycles. The monoisotopic (exact) mass is 373 g/mol. The highest BCUT2D eigenvalue weighted by molar-refractivity contribution is 6.33. The van der Waals surface area contributed by atoms with Crippen molar-refractivity contribution in [1.82, 2.24) is 10.6 Å². The molecule has 0 spiro atoms. The van der Waals surface area contributed by atoms with Crippen molar-refractivity contribution in [3.05, 3.63) is 34.9 Å². The normalized spacial score (nSPS) is 16.0. The van der Waals surface area contributed by atoms with E-state index in [1.165, 1.54) is 0 Å². The number of nitrogens with two attached hydrogens (primary N) is 1. The van der Waals surface area contributed by atoms with E-state index in [0.29, 0.717) is 23.0 Å². The SMILES string of the molecule is CC(C)C(NC(=O)c1ccccc1Cl)C(=O)NCC(N)C1CC1.Cl. The van der Waals surface area contributed by atoms with E-state index in [-0.39, 0.29) is 36.2 Å². The van der Waals surface area contributed by atoms with Crippen molar-refractivity contribution in [3.63, 3.8) is 0 Å². The lowest BCUT2D eigenvalue weighted by molar-refractivity contribution is -0.124. The third kappa shape index (κ3) is 5.65. The van der Waals surface area contributed by atoms with Gasteiger partial charge in [-0.25, -0.2) is 0 Å². The molecule has 0 aliphatic heterocycles. The van der Waals surface area contributed by atoms with Gasteiger partial charge in [0.1, 0.15) is 6.04 Å². The topological polar surface area (TPSA) is 84.2 Å². The largest absolute Gasteiger partial charge is 0.353 e. The third-order valence-corrected chi connectivity index (χ3v) is 4.42. The Morgan fingerprint density at radius 1 is 1.29 bits per heavy atom. The minimum Gasteiger partial charge on any atom is -0.353 e. The molecule has 1 aromatic rings. The van der Waals surface area contributed by atoms with E-state index in [1.54, 1.807) is 24.3 Å². The Balaban J connectivity index is 0.00000288. The van der Waals surface area contributed by atoms with E-state index >= 15 is 0 Å². The first kappa shape index (κ1) is 20.7. The van der Waals surface area contributed by atoms with Crippen LogP contribution in [-0.4, -0.2) is 30.4 Å². The molecule has 2 unspecified atom stereocenters. The summed E-state index contributed by atoms with van der Waals surface area (Å²) < 4.78 is 0. The molecule has 2 atom stereocenters. The van der Waals surface area contributed by atoms with Crippen LogP contribution in [0.1, 0.15) is 37.0 Å². The Morgan fingerprint density at radius 3 is 2.46 bits per heavy atom. The Hall–Kier alpha value is -1.30. The molecule has 1 aliphatic carbocycles. The summed E-state index contributed by atoms with van der Waals surface area (Å²) in [6.45, 7) is 4.21. The summed E-state index contributed by atoms with van der Waals surface area (Å²) in [5.41, 5.74) is 6.36. The van der Waals surface area contributed by atoms with Crippen LogP contribution in [0.4, 0.5) is 0 Å². The molecule has 0 saturated heterocycles. The summed E-state index contributed by atoms with van der Waals surface area (Å²) in [7, 11) is 0. The summed E-state index contributed by atoms with van der Waals surface area (Å²) in [6, 6.07) is 6.15. The molecule has 4 N–H and O–H groups in total. The van der Waals surface area contributed by atoms with Gasteiger partial charge in [0.05, 0.1) is 10.6 Å². The zero-order valence-corrected chi connectivity index (χ0v) is 15.5. The molecule has 0 radical (unpaired) electrons. The van der Waals surface area contributed by atoms with E-state index < -0.39 is 6.04 Å². The van der Waals surface area contributed by atoms with Gasteiger partial charge in [0, 0.05) is 12.6 Å². The second-order valence-electron chi connectivity index (χ2n) is 6.42. The first-order valence-corrected chi connectivity index (χ1v) is 8.36. The van der Waals surface area contributed by atoms with Crippen molar-refractivity contribution in [1.29, 1.82) is 0 Å². The molecular weight excluding hydrogens is 349 g/mol. The molecule has 1 fully saturated rings. The Labute approximate surface area is 154 Å². The molecule has 7 heteroatoms. The van der Waals surface area contributed by atoms with Gasteiger partial charge in [-0.1, -0.05) is 37.6 Å². The van der Waals surface area contributed by atoms with Gasteiger partial charge in [-0.3, -0.25) is 9.59 Å². The number of nitrogens with one attached hydrogen (secondary N) is 2. The average Bonchev–Trinajstić information content (AvgIpc) is 3.34. The molecule has 0 aromatic heterocycles. The van der Waals surface area contributed by atoms with Gasteiger partial charge in [-0.15, -0.1) is 12.4 Å². The van der Waals surface area contributed by atoms with Gasteiger partial charge in [0.25, 0.3) is 5.91 Å². The van der Waals surface area contributed by atoms with Crippen LogP contribution in [0.3, 0.4) is 0 Å². The second kappa shape index (κ2) is 9.25. The molecule has 2 amide bonds. The lowest BCUT2D eigenvalue weighted by Gasteiger charge is -2.23. The maximum Gasteiger partial charge on any atom is 0.253 e. The quantitative estimate of drug-likeness (QED) is 0.685. The van der Waals surface area contributed by atoms with Crippen LogP contribution in [0, 0.1) is 11.8 Å². The van der Waals surface area contributed by atoms with E-state index in [1.807, 2.05) is 13.8 Å². The Bertz CT molecular complexity index is 577. The highest BCUT2D eigenvalue weighted by atomic mass is 35.5. The maximum atomic E-state index is 12.4. The fraction of sp³-hybridized carbons (Fsp3) is 0.529. The minimum absolute atomic E-state index is 0. The number of benzene rings is 1. The van der Waals surface area contributed by atoms with Crippen molar-refractivity contribution < 1.29 is 9.59 Å². The van der Waals surface area contributed by atoms with Crippen molar-refractivity contribution in [3.8, 4) is 0 Å². The van der Waals surface area contributed by atoms with Gasteiger partial charge in [-0.2, -0.15) is 0 Å². The van der Waals surface area contributed by atoms with E-state index in [4.69, 9.17) is 17.3 Å². The zero-order valence-electron chi connectivity index (χ0n) is 13.9. The van der Waals surface area contributed by atoms with E-state index in [2.05, 4.69) is 10.6 Å². The van der Waals surface area contributed by atoms with Crippen LogP contribution in [0.2, 0.25) is 5.02 Å². The van der Waals surface area contributed by atoms with Crippen molar-refractivity contribution in [2.24, 2.45) is 17.6 Å². The van der Waals surface area contributed by atoms with Crippen LogP contribution in [0.5, 0.6) is 0 Å². The summed E-state index contributed by atoms with van der Waals surface area (Å²) >= 11 is 6.03. The molecule has 0 bridgehead atoms. The molecule has 5 nitrogen and oxygen atoms in total. The van der Waals surface area contributed by atoms with Gasteiger partial charge < -0.3 is 16.4 Å². The predicted molar refractivity (Wildman–Crippen MR) is 98.5 cm³/mol. The number of rotatable bonds is 7. The van der Waals surface area contributed by atoms with Crippen LogP contribution >= 0.6 is 24.0 Å². The van der Waals surface area contributed by atoms with Crippen molar-refractivity contribution in [2.75, 3.05) is 6.54 Å². The lowest BCUT2D eigenvalue weighted by atomic mass is 10.0. The highest BCUT2D eigenvalue weighted by Gasteiger charge is 2.30.